The fourth-order valence-electron chi connectivity index (χ4n) is 2.99. The van der Waals surface area contributed by atoms with Gasteiger partial charge in [-0.1, -0.05) is 23.4 Å². The van der Waals surface area contributed by atoms with Crippen molar-refractivity contribution in [1.82, 2.24) is 15.8 Å². The quantitative estimate of drug-likeness (QED) is 0.666. The van der Waals surface area contributed by atoms with Crippen LogP contribution in [0.1, 0.15) is 34.9 Å². The van der Waals surface area contributed by atoms with E-state index < -0.39 is 0 Å². The number of rotatable bonds is 4. The van der Waals surface area contributed by atoms with Crippen molar-refractivity contribution in [2.75, 3.05) is 20.2 Å². The van der Waals surface area contributed by atoms with E-state index in [4.69, 9.17) is 9.26 Å². The zero-order valence-electron chi connectivity index (χ0n) is 14.4. The molecule has 6 heteroatoms. The highest BCUT2D eigenvalue weighted by Gasteiger charge is 2.21. The number of benzene rings is 1. The molecular weight excluding hydrogens is 304 g/mol. The predicted octanol–water partition coefficient (Wildman–Crippen LogP) is 2.52. The van der Waals surface area contributed by atoms with E-state index >= 15 is 0 Å². The van der Waals surface area contributed by atoms with Crippen LogP contribution in [-0.4, -0.2) is 31.3 Å². The van der Waals surface area contributed by atoms with E-state index in [-0.39, 0.29) is 0 Å². The lowest BCUT2D eigenvalue weighted by Gasteiger charge is -2.26. The van der Waals surface area contributed by atoms with Crippen molar-refractivity contribution in [2.45, 2.75) is 32.7 Å². The van der Waals surface area contributed by atoms with Gasteiger partial charge in [-0.25, -0.2) is 0 Å². The fourth-order valence-corrected chi connectivity index (χ4v) is 2.99. The Morgan fingerprint density at radius 3 is 2.88 bits per heavy atom. The minimum atomic E-state index is 0.424. The number of guanidine groups is 1. The van der Waals surface area contributed by atoms with Crippen LogP contribution >= 0.6 is 0 Å². The van der Waals surface area contributed by atoms with Crippen LogP contribution in [0.25, 0.3) is 0 Å². The Bertz CT molecular complexity index is 704. The van der Waals surface area contributed by atoms with E-state index in [2.05, 4.69) is 32.9 Å². The molecule has 3 rings (SSSR count). The lowest BCUT2D eigenvalue weighted by atomic mass is 9.93. The molecule has 0 fully saturated rings. The zero-order chi connectivity index (χ0) is 16.9. The molecule has 24 heavy (non-hydrogen) atoms. The fraction of sp³-hybridized carbons (Fsp3) is 0.444. The Kier molecular flexibility index (Phi) is 5.03. The first-order valence-electron chi connectivity index (χ1n) is 8.27. The summed E-state index contributed by atoms with van der Waals surface area (Å²) in [6.07, 6.45) is 1.00. The Hall–Kier alpha value is -2.50. The second kappa shape index (κ2) is 7.38. The molecule has 0 saturated carbocycles. The van der Waals surface area contributed by atoms with Crippen LogP contribution in [0.4, 0.5) is 0 Å². The van der Waals surface area contributed by atoms with Crippen LogP contribution < -0.4 is 15.4 Å². The second-order valence-corrected chi connectivity index (χ2v) is 5.98. The molecule has 0 saturated heterocycles. The molecule has 128 valence electrons. The maximum atomic E-state index is 5.72. The number of fused-ring (bicyclic) bond motifs is 1. The minimum Gasteiger partial charge on any atom is -0.493 e. The van der Waals surface area contributed by atoms with Gasteiger partial charge in [0.15, 0.2) is 5.96 Å². The summed E-state index contributed by atoms with van der Waals surface area (Å²) in [4.78, 5) is 4.30. The van der Waals surface area contributed by atoms with Gasteiger partial charge < -0.3 is 19.9 Å². The van der Waals surface area contributed by atoms with Crippen LogP contribution in [-0.2, 0) is 6.54 Å². The van der Waals surface area contributed by atoms with Gasteiger partial charge in [0.1, 0.15) is 11.5 Å². The van der Waals surface area contributed by atoms with Gasteiger partial charge in [0.2, 0.25) is 0 Å². The SMILES string of the molecule is CN=C(NCc1c(C)noc1C)NCC1CCOc2ccccc21. The smallest absolute Gasteiger partial charge is 0.191 e. The van der Waals surface area contributed by atoms with Crippen molar-refractivity contribution in [3.63, 3.8) is 0 Å². The number of nitrogens with zero attached hydrogens (tertiary/aromatic N) is 2. The highest BCUT2D eigenvalue weighted by Crippen LogP contribution is 2.32. The monoisotopic (exact) mass is 328 g/mol. The summed E-state index contributed by atoms with van der Waals surface area (Å²) in [6, 6.07) is 8.25. The number of para-hydroxylation sites is 1. The average molecular weight is 328 g/mol. The van der Waals surface area contributed by atoms with E-state index in [1.54, 1.807) is 7.05 Å². The number of ether oxygens (including phenoxy) is 1. The van der Waals surface area contributed by atoms with E-state index in [9.17, 15) is 0 Å². The largest absolute Gasteiger partial charge is 0.493 e. The molecule has 1 aromatic heterocycles. The van der Waals surface area contributed by atoms with Gasteiger partial charge in [0, 0.05) is 31.6 Å². The van der Waals surface area contributed by atoms with E-state index in [0.717, 1.165) is 48.3 Å². The standard InChI is InChI=1S/C18H24N4O2/c1-12-16(13(2)24-22-12)11-21-18(19-3)20-10-14-8-9-23-17-7-5-4-6-15(14)17/h4-7,14H,8-11H2,1-3H3,(H2,19,20,21). The Morgan fingerprint density at radius 2 is 2.12 bits per heavy atom. The number of nitrogens with one attached hydrogen (secondary N) is 2. The van der Waals surface area contributed by atoms with Gasteiger partial charge >= 0.3 is 0 Å². The normalized spacial score (nSPS) is 17.1. The van der Waals surface area contributed by atoms with E-state index in [1.807, 2.05) is 26.0 Å². The van der Waals surface area contributed by atoms with Crippen molar-refractivity contribution in [2.24, 2.45) is 4.99 Å². The topological polar surface area (TPSA) is 71.7 Å². The number of aryl methyl sites for hydroxylation is 2. The van der Waals surface area contributed by atoms with Crippen molar-refractivity contribution < 1.29 is 9.26 Å². The molecule has 6 nitrogen and oxygen atoms in total. The van der Waals surface area contributed by atoms with Crippen molar-refractivity contribution in [1.29, 1.82) is 0 Å². The zero-order valence-corrected chi connectivity index (χ0v) is 14.4. The Labute approximate surface area is 142 Å². The summed E-state index contributed by atoms with van der Waals surface area (Å²) in [6.45, 7) is 6.09. The molecule has 2 N–H and O–H groups in total. The molecule has 0 bridgehead atoms. The highest BCUT2D eigenvalue weighted by molar-refractivity contribution is 5.79. The van der Waals surface area contributed by atoms with Crippen LogP contribution in [0.15, 0.2) is 33.8 Å². The van der Waals surface area contributed by atoms with Crippen LogP contribution in [0.3, 0.4) is 0 Å². The summed E-state index contributed by atoms with van der Waals surface area (Å²) in [5.41, 5.74) is 3.25. The lowest BCUT2D eigenvalue weighted by molar-refractivity contribution is 0.267. The van der Waals surface area contributed by atoms with Crippen molar-refractivity contribution in [3.8, 4) is 5.75 Å². The van der Waals surface area contributed by atoms with Gasteiger partial charge in [0.05, 0.1) is 12.3 Å². The van der Waals surface area contributed by atoms with Gasteiger partial charge in [-0.15, -0.1) is 0 Å². The van der Waals surface area contributed by atoms with Crippen LogP contribution in [0.2, 0.25) is 0 Å². The summed E-state index contributed by atoms with van der Waals surface area (Å²) in [5.74, 6) is 3.04. The molecule has 1 unspecified atom stereocenters. The summed E-state index contributed by atoms with van der Waals surface area (Å²) in [7, 11) is 1.78. The summed E-state index contributed by atoms with van der Waals surface area (Å²) >= 11 is 0. The molecule has 1 atom stereocenters. The Balaban J connectivity index is 1.57. The number of hydrogen-bond donors (Lipinski definition) is 2. The van der Waals surface area contributed by atoms with Gasteiger partial charge in [0.25, 0.3) is 0 Å². The minimum absolute atomic E-state index is 0.424. The molecule has 0 spiro atoms. The first kappa shape index (κ1) is 16.4. The number of aromatic nitrogens is 1. The maximum absolute atomic E-state index is 5.72. The van der Waals surface area contributed by atoms with E-state index in [0.29, 0.717) is 12.5 Å². The summed E-state index contributed by atoms with van der Waals surface area (Å²) < 4.78 is 10.9. The van der Waals surface area contributed by atoms with Gasteiger partial charge in [-0.05, 0) is 31.9 Å². The first-order chi connectivity index (χ1) is 11.7. The molecule has 1 aliphatic heterocycles. The third kappa shape index (κ3) is 3.53. The molecular formula is C18H24N4O2. The Morgan fingerprint density at radius 1 is 1.29 bits per heavy atom. The average Bonchev–Trinajstić information content (AvgIpc) is 2.93. The molecule has 0 radical (unpaired) electrons. The lowest BCUT2D eigenvalue weighted by Crippen LogP contribution is -2.39. The third-order valence-electron chi connectivity index (χ3n) is 4.44. The first-order valence-corrected chi connectivity index (χ1v) is 8.27. The van der Waals surface area contributed by atoms with Crippen molar-refractivity contribution in [3.05, 3.63) is 46.8 Å². The highest BCUT2D eigenvalue weighted by atomic mass is 16.5. The van der Waals surface area contributed by atoms with Crippen LogP contribution in [0, 0.1) is 13.8 Å². The molecule has 2 aromatic rings. The van der Waals surface area contributed by atoms with Crippen LogP contribution in [0.5, 0.6) is 5.75 Å². The predicted molar refractivity (Wildman–Crippen MR) is 93.5 cm³/mol. The van der Waals surface area contributed by atoms with Gasteiger partial charge in [-0.3, -0.25) is 4.99 Å². The van der Waals surface area contributed by atoms with E-state index in [1.165, 1.54) is 5.56 Å². The number of aliphatic imine (C=N–C) groups is 1. The molecule has 1 aromatic carbocycles. The molecule has 1 aliphatic rings. The molecule has 2 heterocycles. The maximum Gasteiger partial charge on any atom is 0.191 e. The third-order valence-corrected chi connectivity index (χ3v) is 4.44. The second-order valence-electron chi connectivity index (χ2n) is 5.98. The van der Waals surface area contributed by atoms with Crippen molar-refractivity contribution >= 4 is 5.96 Å². The summed E-state index contributed by atoms with van der Waals surface area (Å²) in [5, 5.41) is 10.7. The molecule has 0 aliphatic carbocycles. The molecule has 0 amide bonds. The van der Waals surface area contributed by atoms with Gasteiger partial charge in [-0.2, -0.15) is 0 Å². The number of hydrogen-bond acceptors (Lipinski definition) is 4.